The molecule has 0 radical (unpaired) electrons. The average molecular weight is 323 g/mol. The number of hydrogen-bond donors (Lipinski definition) is 1. The number of aliphatic hydroxyl groups is 1. The Kier molecular flexibility index (Phi) is 6.75. The van der Waals surface area contributed by atoms with Crippen LogP contribution in [0, 0.1) is 0 Å². The summed E-state index contributed by atoms with van der Waals surface area (Å²) in [6, 6.07) is 6.33. The third-order valence-electron chi connectivity index (χ3n) is 2.82. The molecule has 0 atom stereocenters. The van der Waals surface area contributed by atoms with Crippen LogP contribution >= 0.6 is 0 Å². The van der Waals surface area contributed by atoms with E-state index in [0.29, 0.717) is 17.2 Å². The number of carbonyl (C=O) groups excluding carboxylic acids is 3. The number of ether oxygens (including phenoxy) is 2. The molecule has 8 nitrogen and oxygen atoms in total. The number of hydroxylamine groups is 2. The molecule has 0 aromatic heterocycles. The highest BCUT2D eigenvalue weighted by Crippen LogP contribution is 2.10. The summed E-state index contributed by atoms with van der Waals surface area (Å²) >= 11 is 0. The van der Waals surface area contributed by atoms with Crippen LogP contribution in [0.1, 0.15) is 15.9 Å². The smallest absolute Gasteiger partial charge is 0.373 e. The lowest BCUT2D eigenvalue weighted by Gasteiger charge is -2.18. The van der Waals surface area contributed by atoms with Gasteiger partial charge in [0.2, 0.25) is 5.76 Å². The van der Waals surface area contributed by atoms with E-state index in [0.717, 1.165) is 12.2 Å². The Balaban J connectivity index is 2.81. The number of nitrogens with zero attached hydrogens (tertiary/aromatic N) is 1. The van der Waals surface area contributed by atoms with Gasteiger partial charge in [0, 0.05) is 0 Å². The highest BCUT2D eigenvalue weighted by Gasteiger charge is 2.16. The van der Waals surface area contributed by atoms with Crippen LogP contribution in [0.5, 0.6) is 0 Å². The van der Waals surface area contributed by atoms with Crippen molar-refractivity contribution in [2.75, 3.05) is 21.3 Å². The summed E-state index contributed by atoms with van der Waals surface area (Å²) in [4.78, 5) is 39.2. The Labute approximate surface area is 132 Å². The van der Waals surface area contributed by atoms with E-state index in [-0.39, 0.29) is 6.54 Å². The molecule has 0 spiro atoms. The Hall–Kier alpha value is -2.87. The molecule has 1 aromatic rings. The molecule has 1 rings (SSSR count). The summed E-state index contributed by atoms with van der Waals surface area (Å²) in [6.45, 7) is 0.0434. The molecule has 0 saturated heterocycles. The first kappa shape index (κ1) is 18.2. The van der Waals surface area contributed by atoms with Gasteiger partial charge in [0.25, 0.3) is 5.91 Å². The van der Waals surface area contributed by atoms with Gasteiger partial charge in [-0.05, 0) is 17.7 Å². The molecule has 124 valence electrons. The first-order valence-corrected chi connectivity index (χ1v) is 6.44. The number of benzene rings is 1. The van der Waals surface area contributed by atoms with Crippen molar-refractivity contribution in [3.05, 3.63) is 47.2 Å². The molecule has 23 heavy (non-hydrogen) atoms. The van der Waals surface area contributed by atoms with E-state index >= 15 is 0 Å². The quantitative estimate of drug-likeness (QED) is 0.360. The van der Waals surface area contributed by atoms with Crippen molar-refractivity contribution in [3.63, 3.8) is 0 Å². The van der Waals surface area contributed by atoms with Crippen LogP contribution in [0.3, 0.4) is 0 Å². The summed E-state index contributed by atoms with van der Waals surface area (Å²) in [5.74, 6) is -3.08. The summed E-state index contributed by atoms with van der Waals surface area (Å²) < 4.78 is 8.86. The van der Waals surface area contributed by atoms with Gasteiger partial charge in [-0.3, -0.25) is 9.63 Å². The molecule has 0 aliphatic heterocycles. The minimum atomic E-state index is -1.03. The lowest BCUT2D eigenvalue weighted by atomic mass is 10.1. The molecular formula is C15H17NO7. The SMILES string of the molecule is COC(=O)C(O)=CC(=O)N(Cc1ccc(C(=O)OC)cc1)OC. The Morgan fingerprint density at radius 1 is 1.09 bits per heavy atom. The molecule has 1 aromatic carbocycles. The van der Waals surface area contributed by atoms with Gasteiger partial charge in [0.15, 0.2) is 0 Å². The zero-order valence-corrected chi connectivity index (χ0v) is 12.9. The molecule has 0 aliphatic rings. The van der Waals surface area contributed by atoms with E-state index in [2.05, 4.69) is 9.47 Å². The molecule has 0 heterocycles. The molecule has 0 unspecified atom stereocenters. The minimum absolute atomic E-state index is 0.0434. The maximum atomic E-state index is 11.9. The third kappa shape index (κ3) is 5.11. The minimum Gasteiger partial charge on any atom is -0.502 e. The Bertz CT molecular complexity index is 607. The van der Waals surface area contributed by atoms with E-state index < -0.39 is 23.6 Å². The van der Waals surface area contributed by atoms with Crippen molar-refractivity contribution in [1.29, 1.82) is 0 Å². The van der Waals surface area contributed by atoms with Crippen LogP contribution in [0.15, 0.2) is 36.1 Å². The highest BCUT2D eigenvalue weighted by molar-refractivity contribution is 5.96. The molecule has 8 heteroatoms. The molecule has 0 fully saturated rings. The summed E-state index contributed by atoms with van der Waals surface area (Å²) in [6.07, 6.45) is 0.693. The predicted octanol–water partition coefficient (Wildman–Crippen LogP) is 0.978. The van der Waals surface area contributed by atoms with Crippen LogP contribution in [0.4, 0.5) is 0 Å². The summed E-state index contributed by atoms with van der Waals surface area (Å²) in [7, 11) is 3.62. The van der Waals surface area contributed by atoms with Crippen LogP contribution < -0.4 is 0 Å². The molecule has 0 aliphatic carbocycles. The average Bonchev–Trinajstić information content (AvgIpc) is 2.58. The van der Waals surface area contributed by atoms with Gasteiger partial charge in [-0.15, -0.1) is 0 Å². The van der Waals surface area contributed by atoms with Gasteiger partial charge in [-0.2, -0.15) is 0 Å². The number of amides is 1. The van der Waals surface area contributed by atoms with E-state index in [1.807, 2.05) is 0 Å². The zero-order valence-electron chi connectivity index (χ0n) is 12.9. The van der Waals surface area contributed by atoms with Crippen LogP contribution in [-0.2, 0) is 30.4 Å². The Morgan fingerprint density at radius 3 is 2.17 bits per heavy atom. The lowest BCUT2D eigenvalue weighted by molar-refractivity contribution is -0.173. The normalized spacial score (nSPS) is 10.8. The second-order valence-corrected chi connectivity index (χ2v) is 4.27. The first-order chi connectivity index (χ1) is 10.9. The third-order valence-corrected chi connectivity index (χ3v) is 2.82. The Morgan fingerprint density at radius 2 is 1.70 bits per heavy atom. The number of rotatable bonds is 6. The van der Waals surface area contributed by atoms with Gasteiger partial charge < -0.3 is 14.6 Å². The fourth-order valence-electron chi connectivity index (χ4n) is 1.61. The number of carbonyl (C=O) groups is 3. The van der Waals surface area contributed by atoms with Crippen LogP contribution in [-0.4, -0.2) is 49.3 Å². The summed E-state index contributed by atoms with van der Waals surface area (Å²) in [5.41, 5.74) is 1.04. The maximum Gasteiger partial charge on any atom is 0.373 e. The molecular weight excluding hydrogens is 306 g/mol. The topological polar surface area (TPSA) is 102 Å². The second-order valence-electron chi connectivity index (χ2n) is 4.27. The molecule has 1 amide bonds. The lowest BCUT2D eigenvalue weighted by Crippen LogP contribution is -2.28. The van der Waals surface area contributed by atoms with E-state index in [4.69, 9.17) is 4.84 Å². The van der Waals surface area contributed by atoms with Crippen molar-refractivity contribution in [2.45, 2.75) is 6.54 Å². The van der Waals surface area contributed by atoms with Crippen LogP contribution in [0.2, 0.25) is 0 Å². The van der Waals surface area contributed by atoms with Crippen molar-refractivity contribution in [1.82, 2.24) is 5.06 Å². The second kappa shape index (κ2) is 8.54. The van der Waals surface area contributed by atoms with E-state index in [9.17, 15) is 19.5 Å². The van der Waals surface area contributed by atoms with Gasteiger partial charge >= 0.3 is 11.9 Å². The fourth-order valence-corrected chi connectivity index (χ4v) is 1.61. The molecule has 0 bridgehead atoms. The van der Waals surface area contributed by atoms with Gasteiger partial charge in [-0.25, -0.2) is 14.7 Å². The number of hydrogen-bond acceptors (Lipinski definition) is 7. The van der Waals surface area contributed by atoms with Crippen molar-refractivity contribution < 1.29 is 33.8 Å². The zero-order chi connectivity index (χ0) is 17.4. The van der Waals surface area contributed by atoms with Gasteiger partial charge in [-0.1, -0.05) is 12.1 Å². The maximum absolute atomic E-state index is 11.9. The van der Waals surface area contributed by atoms with Crippen molar-refractivity contribution in [3.8, 4) is 0 Å². The van der Waals surface area contributed by atoms with Crippen molar-refractivity contribution >= 4 is 17.8 Å². The van der Waals surface area contributed by atoms with E-state index in [1.165, 1.54) is 14.2 Å². The van der Waals surface area contributed by atoms with Gasteiger partial charge in [0.05, 0.1) is 39.5 Å². The predicted molar refractivity (Wildman–Crippen MR) is 78.1 cm³/mol. The number of esters is 2. The highest BCUT2D eigenvalue weighted by atomic mass is 16.7. The van der Waals surface area contributed by atoms with E-state index in [1.54, 1.807) is 24.3 Å². The number of methoxy groups -OCH3 is 2. The number of aliphatic hydroxyl groups excluding tert-OH is 1. The van der Waals surface area contributed by atoms with Gasteiger partial charge in [0.1, 0.15) is 0 Å². The first-order valence-electron chi connectivity index (χ1n) is 6.44. The fraction of sp³-hybridized carbons (Fsp3) is 0.267. The largest absolute Gasteiger partial charge is 0.502 e. The molecule has 0 saturated carbocycles. The standard InChI is InChI=1S/C15H17NO7/c1-21-14(19)11-6-4-10(5-7-11)9-16(23-3)13(18)8-12(17)15(20)22-2/h4-8,17H,9H2,1-3H3. The molecule has 1 N–H and O–H groups in total. The van der Waals surface area contributed by atoms with Crippen LogP contribution in [0.25, 0.3) is 0 Å². The van der Waals surface area contributed by atoms with Crippen molar-refractivity contribution in [2.24, 2.45) is 0 Å². The monoisotopic (exact) mass is 323 g/mol. The summed E-state index contributed by atoms with van der Waals surface area (Å²) in [5, 5.41) is 10.3.